The summed E-state index contributed by atoms with van der Waals surface area (Å²) in [6.45, 7) is 1.29. The van der Waals surface area contributed by atoms with Crippen molar-refractivity contribution in [2.24, 2.45) is 5.92 Å². The van der Waals surface area contributed by atoms with Gasteiger partial charge in [0.1, 0.15) is 6.61 Å². The van der Waals surface area contributed by atoms with Crippen LogP contribution in [0.1, 0.15) is 18.4 Å². The van der Waals surface area contributed by atoms with E-state index in [1.807, 2.05) is 30.3 Å². The van der Waals surface area contributed by atoms with E-state index in [0.717, 1.165) is 5.56 Å². The van der Waals surface area contributed by atoms with Crippen molar-refractivity contribution in [3.63, 3.8) is 0 Å². The predicted molar refractivity (Wildman–Crippen MR) is 77.2 cm³/mol. The minimum Gasteiger partial charge on any atom is -0.481 e. The molecule has 1 spiro atoms. The van der Waals surface area contributed by atoms with Gasteiger partial charge in [0.2, 0.25) is 0 Å². The van der Waals surface area contributed by atoms with Crippen molar-refractivity contribution in [1.29, 1.82) is 0 Å². The number of piperidine rings is 1. The Morgan fingerprint density at radius 1 is 1.32 bits per heavy atom. The van der Waals surface area contributed by atoms with E-state index in [1.54, 1.807) is 4.90 Å². The molecule has 6 nitrogen and oxygen atoms in total. The number of likely N-dealkylation sites (tertiary alicyclic amines) is 1. The van der Waals surface area contributed by atoms with Gasteiger partial charge in [-0.05, 0) is 18.4 Å². The van der Waals surface area contributed by atoms with Gasteiger partial charge in [-0.15, -0.1) is 0 Å². The van der Waals surface area contributed by atoms with Crippen LogP contribution in [0.3, 0.4) is 0 Å². The number of nitrogens with zero attached hydrogens (tertiary/aromatic N) is 1. The van der Waals surface area contributed by atoms with Crippen molar-refractivity contribution in [3.05, 3.63) is 35.9 Å². The number of hydrogen-bond donors (Lipinski definition) is 1. The molecule has 1 aromatic rings. The van der Waals surface area contributed by atoms with Crippen LogP contribution in [0.5, 0.6) is 0 Å². The molecule has 2 heterocycles. The van der Waals surface area contributed by atoms with Gasteiger partial charge in [-0.1, -0.05) is 30.3 Å². The van der Waals surface area contributed by atoms with Crippen LogP contribution in [0, 0.1) is 5.92 Å². The molecule has 2 saturated heterocycles. The largest absolute Gasteiger partial charge is 0.481 e. The van der Waals surface area contributed by atoms with E-state index in [4.69, 9.17) is 9.47 Å². The Bertz CT molecular complexity index is 555. The van der Waals surface area contributed by atoms with Crippen LogP contribution in [0.4, 0.5) is 4.79 Å². The van der Waals surface area contributed by atoms with Gasteiger partial charge >= 0.3 is 12.1 Å². The van der Waals surface area contributed by atoms with Crippen molar-refractivity contribution in [2.75, 3.05) is 19.8 Å². The van der Waals surface area contributed by atoms with E-state index in [1.165, 1.54) is 0 Å². The Labute approximate surface area is 128 Å². The number of amides is 1. The summed E-state index contributed by atoms with van der Waals surface area (Å²) in [4.78, 5) is 25.2. The number of carbonyl (C=O) groups excluding carboxylic acids is 1. The van der Waals surface area contributed by atoms with Crippen LogP contribution in [-0.2, 0) is 20.9 Å². The Morgan fingerprint density at radius 3 is 2.64 bits per heavy atom. The number of ether oxygens (including phenoxy) is 2. The molecule has 0 bridgehead atoms. The first kappa shape index (κ1) is 14.8. The Hall–Kier alpha value is -2.08. The molecule has 118 valence electrons. The Kier molecular flexibility index (Phi) is 4.02. The van der Waals surface area contributed by atoms with Crippen LogP contribution in [0.15, 0.2) is 30.3 Å². The molecule has 1 N–H and O–H groups in total. The summed E-state index contributed by atoms with van der Waals surface area (Å²) in [5.74, 6) is -1.40. The van der Waals surface area contributed by atoms with Gasteiger partial charge in [-0.2, -0.15) is 0 Å². The van der Waals surface area contributed by atoms with Gasteiger partial charge in [-0.3, -0.25) is 9.69 Å². The van der Waals surface area contributed by atoms with Gasteiger partial charge in [-0.25, -0.2) is 4.79 Å². The van der Waals surface area contributed by atoms with Crippen molar-refractivity contribution in [1.82, 2.24) is 4.90 Å². The highest BCUT2D eigenvalue weighted by molar-refractivity contribution is 5.74. The van der Waals surface area contributed by atoms with Gasteiger partial charge < -0.3 is 14.6 Å². The molecule has 2 aliphatic heterocycles. The third-order valence-electron chi connectivity index (χ3n) is 4.45. The zero-order chi connectivity index (χ0) is 15.6. The lowest BCUT2D eigenvalue weighted by Crippen LogP contribution is -2.67. The second kappa shape index (κ2) is 5.96. The molecule has 3 rings (SSSR count). The monoisotopic (exact) mass is 305 g/mol. The Morgan fingerprint density at radius 2 is 2.05 bits per heavy atom. The predicted octanol–water partition coefficient (Wildman–Crippen LogP) is 1.89. The minimum absolute atomic E-state index is 0.185. The molecule has 0 saturated carbocycles. The van der Waals surface area contributed by atoms with Gasteiger partial charge in [0, 0.05) is 6.54 Å². The molecule has 0 radical (unpaired) electrons. The van der Waals surface area contributed by atoms with Crippen molar-refractivity contribution >= 4 is 12.1 Å². The summed E-state index contributed by atoms with van der Waals surface area (Å²) in [5.41, 5.74) is 0.529. The van der Waals surface area contributed by atoms with Gasteiger partial charge in [0.05, 0.1) is 24.7 Å². The quantitative estimate of drug-likeness (QED) is 0.923. The molecular weight excluding hydrogens is 286 g/mol. The fourth-order valence-electron chi connectivity index (χ4n) is 2.99. The number of carboxylic acid groups (broad SMARTS) is 1. The Balaban J connectivity index is 1.66. The minimum atomic E-state index is -0.865. The smallest absolute Gasteiger partial charge is 0.410 e. The maximum atomic E-state index is 12.4. The van der Waals surface area contributed by atoms with E-state index in [-0.39, 0.29) is 18.7 Å². The third kappa shape index (κ3) is 2.78. The molecule has 1 unspecified atom stereocenters. The molecule has 2 aliphatic rings. The van der Waals surface area contributed by atoms with E-state index in [9.17, 15) is 14.7 Å². The normalized spacial score (nSPS) is 22.9. The summed E-state index contributed by atoms with van der Waals surface area (Å²) in [6, 6.07) is 9.42. The number of benzene rings is 1. The van der Waals surface area contributed by atoms with Gasteiger partial charge in [0.25, 0.3) is 0 Å². The molecule has 6 heteroatoms. The summed E-state index contributed by atoms with van der Waals surface area (Å²) in [5, 5.41) is 9.20. The molecule has 0 aliphatic carbocycles. The molecule has 1 aromatic carbocycles. The summed E-state index contributed by atoms with van der Waals surface area (Å²) in [6.07, 6.45) is 0.754. The molecule has 1 amide bonds. The number of rotatable bonds is 3. The highest BCUT2D eigenvalue weighted by Crippen LogP contribution is 2.37. The fraction of sp³-hybridized carbons (Fsp3) is 0.500. The van der Waals surface area contributed by atoms with Crippen LogP contribution in [-0.4, -0.2) is 47.4 Å². The molecule has 22 heavy (non-hydrogen) atoms. The first-order valence-electron chi connectivity index (χ1n) is 7.40. The summed E-state index contributed by atoms with van der Waals surface area (Å²) >= 11 is 0. The number of carbonyl (C=O) groups is 2. The maximum Gasteiger partial charge on any atom is 0.410 e. The lowest BCUT2D eigenvalue weighted by molar-refractivity contribution is -0.165. The van der Waals surface area contributed by atoms with E-state index in [0.29, 0.717) is 26.1 Å². The van der Waals surface area contributed by atoms with Crippen LogP contribution in [0.25, 0.3) is 0 Å². The third-order valence-corrected chi connectivity index (χ3v) is 4.45. The first-order valence-corrected chi connectivity index (χ1v) is 7.40. The SMILES string of the molecule is O=C(O)C1CCC2(COC2)N(C(=O)OCc2ccccc2)C1. The van der Waals surface area contributed by atoms with Crippen LogP contribution in [0.2, 0.25) is 0 Å². The zero-order valence-electron chi connectivity index (χ0n) is 12.2. The highest BCUT2D eigenvalue weighted by atomic mass is 16.6. The lowest BCUT2D eigenvalue weighted by Gasteiger charge is -2.52. The number of hydrogen-bond acceptors (Lipinski definition) is 4. The average Bonchev–Trinajstić information content (AvgIpc) is 2.51. The fourth-order valence-corrected chi connectivity index (χ4v) is 2.99. The summed E-state index contributed by atoms with van der Waals surface area (Å²) in [7, 11) is 0. The summed E-state index contributed by atoms with van der Waals surface area (Å²) < 4.78 is 10.6. The maximum absolute atomic E-state index is 12.4. The van der Waals surface area contributed by atoms with Gasteiger partial charge in [0.15, 0.2) is 0 Å². The van der Waals surface area contributed by atoms with E-state index < -0.39 is 18.0 Å². The highest BCUT2D eigenvalue weighted by Gasteiger charge is 2.51. The first-order chi connectivity index (χ1) is 10.6. The molecule has 1 atom stereocenters. The molecule has 2 fully saturated rings. The second-order valence-corrected chi connectivity index (χ2v) is 5.94. The second-order valence-electron chi connectivity index (χ2n) is 5.94. The van der Waals surface area contributed by atoms with Crippen LogP contribution >= 0.6 is 0 Å². The average molecular weight is 305 g/mol. The van der Waals surface area contributed by atoms with Crippen molar-refractivity contribution < 1.29 is 24.2 Å². The van der Waals surface area contributed by atoms with Crippen molar-refractivity contribution in [2.45, 2.75) is 25.0 Å². The molecular formula is C16H19NO5. The number of carboxylic acids is 1. The standard InChI is InChI=1S/C16H19NO5/c18-14(19)13-6-7-16(10-21-11-16)17(8-13)15(20)22-9-12-4-2-1-3-5-12/h1-5,13H,6-11H2,(H,18,19). The lowest BCUT2D eigenvalue weighted by atomic mass is 9.81. The topological polar surface area (TPSA) is 76.1 Å². The zero-order valence-corrected chi connectivity index (χ0v) is 12.2. The van der Waals surface area contributed by atoms with E-state index in [2.05, 4.69) is 0 Å². The van der Waals surface area contributed by atoms with Crippen LogP contribution < -0.4 is 0 Å². The van der Waals surface area contributed by atoms with E-state index >= 15 is 0 Å². The number of aliphatic carboxylic acids is 1. The molecule has 0 aromatic heterocycles. The van der Waals surface area contributed by atoms with Crippen molar-refractivity contribution in [3.8, 4) is 0 Å².